The average Bonchev–Trinajstić information content (AvgIpc) is 3.21. The third-order valence-corrected chi connectivity index (χ3v) is 3.98. The van der Waals surface area contributed by atoms with Crippen LogP contribution in [0.25, 0.3) is 6.08 Å². The summed E-state index contributed by atoms with van der Waals surface area (Å²) in [4.78, 5) is 27.7. The van der Waals surface area contributed by atoms with E-state index in [2.05, 4.69) is 15.6 Å². The van der Waals surface area contributed by atoms with Gasteiger partial charge < -0.3 is 19.8 Å². The molecule has 0 atom stereocenters. The zero-order chi connectivity index (χ0) is 20.6. The van der Waals surface area contributed by atoms with Crippen molar-refractivity contribution < 1.29 is 18.7 Å². The smallest absolute Gasteiger partial charge is 0.269 e. The van der Waals surface area contributed by atoms with Crippen LogP contribution in [0.3, 0.4) is 0 Å². The number of rotatable bonds is 7. The van der Waals surface area contributed by atoms with Crippen molar-refractivity contribution in [2.24, 2.45) is 0 Å². The molecule has 2 aromatic heterocycles. The first-order valence-corrected chi connectivity index (χ1v) is 9.11. The van der Waals surface area contributed by atoms with Gasteiger partial charge in [-0.15, -0.1) is 0 Å². The number of nitrogens with one attached hydrogen (secondary N) is 2. The van der Waals surface area contributed by atoms with Gasteiger partial charge in [0.05, 0.1) is 0 Å². The van der Waals surface area contributed by atoms with Crippen molar-refractivity contribution in [3.8, 4) is 11.5 Å². The maximum absolute atomic E-state index is 12.1. The summed E-state index contributed by atoms with van der Waals surface area (Å²) in [7, 11) is 1.54. The van der Waals surface area contributed by atoms with Gasteiger partial charge in [-0.3, -0.25) is 14.6 Å². The van der Waals surface area contributed by atoms with Crippen molar-refractivity contribution >= 4 is 23.6 Å². The van der Waals surface area contributed by atoms with E-state index in [9.17, 15) is 9.59 Å². The number of hydrogen-bond acceptors (Lipinski definition) is 5. The van der Waals surface area contributed by atoms with Gasteiger partial charge in [0.25, 0.3) is 5.91 Å². The van der Waals surface area contributed by atoms with Gasteiger partial charge in [-0.2, -0.15) is 0 Å². The largest absolute Gasteiger partial charge is 0.462 e. The van der Waals surface area contributed by atoms with Crippen molar-refractivity contribution in [3.63, 3.8) is 0 Å². The zero-order valence-electron chi connectivity index (χ0n) is 16.1. The highest BCUT2D eigenvalue weighted by molar-refractivity contribution is 6.01. The predicted octanol–water partition coefficient (Wildman–Crippen LogP) is 4.04. The maximum Gasteiger partial charge on any atom is 0.269 e. The Morgan fingerprint density at radius 2 is 1.90 bits per heavy atom. The molecular weight excluding hydrogens is 370 g/mol. The third-order valence-electron chi connectivity index (χ3n) is 3.98. The number of hydrogen-bond donors (Lipinski definition) is 2. The molecule has 29 heavy (non-hydrogen) atoms. The molecule has 2 amide bonds. The molecule has 7 heteroatoms. The van der Waals surface area contributed by atoms with Gasteiger partial charge in [0.1, 0.15) is 28.7 Å². The molecule has 0 aliphatic heterocycles. The molecule has 2 heterocycles. The molecule has 1 aromatic carbocycles. The lowest BCUT2D eigenvalue weighted by Gasteiger charge is -2.08. The summed E-state index contributed by atoms with van der Waals surface area (Å²) in [5.41, 5.74) is 0.893. The lowest BCUT2D eigenvalue weighted by atomic mass is 10.3. The van der Waals surface area contributed by atoms with Gasteiger partial charge in [-0.05, 0) is 48.5 Å². The van der Waals surface area contributed by atoms with Crippen molar-refractivity contribution in [2.45, 2.75) is 13.3 Å². The summed E-state index contributed by atoms with van der Waals surface area (Å²) < 4.78 is 11.3. The van der Waals surface area contributed by atoms with Crippen LogP contribution in [0.2, 0.25) is 0 Å². The fourth-order valence-corrected chi connectivity index (χ4v) is 2.49. The molecule has 0 spiro atoms. The molecule has 0 aliphatic rings. The van der Waals surface area contributed by atoms with Crippen LogP contribution < -0.4 is 15.4 Å². The minimum absolute atomic E-state index is 0.266. The maximum atomic E-state index is 12.1. The highest BCUT2D eigenvalue weighted by Gasteiger charge is 2.07. The fourth-order valence-electron chi connectivity index (χ4n) is 2.49. The number of amides is 2. The topological polar surface area (TPSA) is 93.5 Å². The SMILES string of the molecule is CCc1ccc(C=CC(=O)Nc2ccc(Oc3ccnc(C(=O)NC)c3)cc2)o1. The number of aryl methyl sites for hydroxylation is 1. The summed E-state index contributed by atoms with van der Waals surface area (Å²) in [6, 6.07) is 13.8. The van der Waals surface area contributed by atoms with Crippen LogP contribution in [0.5, 0.6) is 11.5 Å². The van der Waals surface area contributed by atoms with Crippen molar-refractivity contribution in [3.05, 3.63) is 78.0 Å². The zero-order valence-corrected chi connectivity index (χ0v) is 16.1. The van der Waals surface area contributed by atoms with E-state index in [0.29, 0.717) is 22.9 Å². The van der Waals surface area contributed by atoms with Crippen LogP contribution in [0.15, 0.2) is 65.2 Å². The summed E-state index contributed by atoms with van der Waals surface area (Å²) in [5.74, 6) is 2.00. The van der Waals surface area contributed by atoms with E-state index in [-0.39, 0.29) is 17.5 Å². The highest BCUT2D eigenvalue weighted by Crippen LogP contribution is 2.23. The highest BCUT2D eigenvalue weighted by atomic mass is 16.5. The number of pyridine rings is 1. The van der Waals surface area contributed by atoms with Crippen LogP contribution in [0.1, 0.15) is 28.9 Å². The monoisotopic (exact) mass is 391 g/mol. The third kappa shape index (κ3) is 5.55. The predicted molar refractivity (Wildman–Crippen MR) is 110 cm³/mol. The van der Waals surface area contributed by atoms with Gasteiger partial charge in [-0.25, -0.2) is 0 Å². The van der Waals surface area contributed by atoms with E-state index in [1.165, 1.54) is 19.3 Å². The first-order chi connectivity index (χ1) is 14.1. The van der Waals surface area contributed by atoms with Gasteiger partial charge >= 0.3 is 0 Å². The standard InChI is InChI=1S/C22H21N3O4/c1-3-16-8-9-18(28-16)10-11-21(26)25-15-4-6-17(7-5-15)29-19-12-13-24-20(14-19)22(27)23-2/h4-14H,3H2,1-2H3,(H,23,27)(H,25,26). The van der Waals surface area contributed by atoms with Gasteiger partial charge in [-0.1, -0.05) is 6.92 Å². The van der Waals surface area contributed by atoms with E-state index in [4.69, 9.17) is 9.15 Å². The molecule has 0 fully saturated rings. The Labute approximate surface area is 168 Å². The number of furan rings is 1. The molecule has 3 rings (SSSR count). The summed E-state index contributed by atoms with van der Waals surface area (Å²) in [6.45, 7) is 2.00. The van der Waals surface area contributed by atoms with Gasteiger partial charge in [0.15, 0.2) is 0 Å². The van der Waals surface area contributed by atoms with E-state index >= 15 is 0 Å². The van der Waals surface area contributed by atoms with E-state index < -0.39 is 0 Å². The average molecular weight is 391 g/mol. The number of ether oxygens (including phenoxy) is 1. The quantitative estimate of drug-likeness (QED) is 0.593. The molecule has 3 aromatic rings. The minimum atomic E-state index is -0.290. The molecule has 0 unspecified atom stereocenters. The molecule has 0 radical (unpaired) electrons. The minimum Gasteiger partial charge on any atom is -0.462 e. The molecule has 7 nitrogen and oxygen atoms in total. The van der Waals surface area contributed by atoms with E-state index in [0.717, 1.165) is 12.2 Å². The Hall–Kier alpha value is -3.87. The summed E-state index contributed by atoms with van der Waals surface area (Å²) in [5, 5.41) is 5.28. The second-order valence-electron chi connectivity index (χ2n) is 6.06. The molecule has 0 bridgehead atoms. The Morgan fingerprint density at radius 3 is 2.59 bits per heavy atom. The number of carbonyl (C=O) groups excluding carboxylic acids is 2. The second kappa shape index (κ2) is 9.36. The van der Waals surface area contributed by atoms with Crippen molar-refractivity contribution in [1.29, 1.82) is 0 Å². The molecule has 0 aliphatic carbocycles. The lowest BCUT2D eigenvalue weighted by molar-refractivity contribution is -0.111. The van der Waals surface area contributed by atoms with Crippen LogP contribution in [-0.4, -0.2) is 23.8 Å². The van der Waals surface area contributed by atoms with Gasteiger partial charge in [0.2, 0.25) is 5.91 Å². The van der Waals surface area contributed by atoms with Crippen molar-refractivity contribution in [2.75, 3.05) is 12.4 Å². The van der Waals surface area contributed by atoms with E-state index in [1.807, 2.05) is 19.1 Å². The number of aromatic nitrogens is 1. The summed E-state index contributed by atoms with van der Waals surface area (Å²) in [6.07, 6.45) is 5.35. The van der Waals surface area contributed by atoms with Crippen LogP contribution in [0.4, 0.5) is 5.69 Å². The van der Waals surface area contributed by atoms with Crippen LogP contribution in [-0.2, 0) is 11.2 Å². The molecular formula is C22H21N3O4. The first-order valence-electron chi connectivity index (χ1n) is 9.11. The molecule has 0 saturated carbocycles. The molecule has 2 N–H and O–H groups in total. The number of nitrogens with zero attached hydrogens (tertiary/aromatic N) is 1. The first kappa shape index (κ1) is 19.9. The van der Waals surface area contributed by atoms with Gasteiger partial charge in [0, 0.05) is 37.5 Å². The second-order valence-corrected chi connectivity index (χ2v) is 6.06. The number of anilines is 1. The Bertz CT molecular complexity index is 1020. The molecule has 148 valence electrons. The normalized spacial score (nSPS) is 10.7. The number of carbonyl (C=O) groups is 2. The lowest BCUT2D eigenvalue weighted by Crippen LogP contribution is -2.18. The van der Waals surface area contributed by atoms with Crippen molar-refractivity contribution in [1.82, 2.24) is 10.3 Å². The number of benzene rings is 1. The van der Waals surface area contributed by atoms with Crippen LogP contribution in [0, 0.1) is 0 Å². The summed E-state index contributed by atoms with van der Waals surface area (Å²) >= 11 is 0. The Kier molecular flexibility index (Phi) is 6.42. The Balaban J connectivity index is 1.58. The van der Waals surface area contributed by atoms with Crippen LogP contribution >= 0.6 is 0 Å². The molecule has 0 saturated heterocycles. The fraction of sp³-hybridized carbons (Fsp3) is 0.136. The van der Waals surface area contributed by atoms with E-state index in [1.54, 1.807) is 42.5 Å². The Morgan fingerprint density at radius 1 is 1.10 bits per heavy atom.